The summed E-state index contributed by atoms with van der Waals surface area (Å²) < 4.78 is 2.87. The van der Waals surface area contributed by atoms with Crippen LogP contribution in [0.1, 0.15) is 0 Å². The van der Waals surface area contributed by atoms with E-state index in [0.717, 1.165) is 47.7 Å². The van der Waals surface area contributed by atoms with Crippen LogP contribution < -0.4 is 0 Å². The summed E-state index contributed by atoms with van der Waals surface area (Å²) in [4.78, 5) is 5.64. The molecule has 6 rings (SSSR count). The Hall–Kier alpha value is -3.42. The summed E-state index contributed by atoms with van der Waals surface area (Å²) in [5.74, 6) is 0.713. The molecule has 3 heterocycles. The van der Waals surface area contributed by atoms with E-state index in [-0.39, 0.29) is 0 Å². The first-order valence-electron chi connectivity index (χ1n) is 9.70. The van der Waals surface area contributed by atoms with Crippen molar-refractivity contribution in [2.75, 3.05) is 0 Å². The molecule has 7 heteroatoms. The molecule has 0 spiro atoms. The van der Waals surface area contributed by atoms with E-state index in [1.54, 1.807) is 0 Å². The number of nitrogens with zero attached hydrogens (tertiary/aromatic N) is 5. The zero-order valence-electron chi connectivity index (χ0n) is 16.1. The van der Waals surface area contributed by atoms with E-state index in [1.165, 1.54) is 11.3 Å². The average Bonchev–Trinajstić information content (AvgIpc) is 3.41. The van der Waals surface area contributed by atoms with E-state index in [0.29, 0.717) is 5.82 Å². The smallest absolute Gasteiger partial charge is 0.235 e. The average molecular weight is 484 g/mol. The molecule has 0 fully saturated rings. The van der Waals surface area contributed by atoms with Gasteiger partial charge in [0, 0.05) is 26.5 Å². The summed E-state index contributed by atoms with van der Waals surface area (Å²) in [6.07, 6.45) is 0. The predicted molar refractivity (Wildman–Crippen MR) is 128 cm³/mol. The van der Waals surface area contributed by atoms with Gasteiger partial charge in [-0.15, -0.1) is 10.2 Å². The van der Waals surface area contributed by atoms with Gasteiger partial charge in [-0.25, -0.2) is 4.98 Å². The molecule has 0 atom stereocenters. The van der Waals surface area contributed by atoms with Gasteiger partial charge in [0.05, 0.1) is 11.2 Å². The molecule has 3 aromatic heterocycles. The van der Waals surface area contributed by atoms with Crippen molar-refractivity contribution < 1.29 is 0 Å². The Balaban J connectivity index is 1.57. The molecular weight excluding hydrogens is 470 g/mol. The maximum absolute atomic E-state index is 4.88. The van der Waals surface area contributed by atoms with Crippen LogP contribution in [-0.4, -0.2) is 24.8 Å². The standard InChI is InChI=1S/C24H14BrN5S/c25-17-12-10-16(11-13-17)23-29-30-22(27-28-24(30)31-23)19-14-21(15-6-2-1-3-7-15)26-20-9-5-4-8-18(19)20/h1-14H. The fourth-order valence-corrected chi connectivity index (χ4v) is 4.72. The number of rotatable bonds is 3. The lowest BCUT2D eigenvalue weighted by molar-refractivity contribution is 0.972. The largest absolute Gasteiger partial charge is 0.248 e. The van der Waals surface area contributed by atoms with Crippen LogP contribution in [0.5, 0.6) is 0 Å². The molecule has 148 valence electrons. The molecule has 0 amide bonds. The second kappa shape index (κ2) is 7.37. The van der Waals surface area contributed by atoms with Crippen LogP contribution in [0.15, 0.2) is 89.4 Å². The molecule has 6 aromatic rings. The molecule has 0 bridgehead atoms. The SMILES string of the molecule is Brc1ccc(-c2nn3c(-c4cc(-c5ccccc5)nc5ccccc45)nnc3s2)cc1. The van der Waals surface area contributed by atoms with Crippen molar-refractivity contribution in [3.63, 3.8) is 0 Å². The highest BCUT2D eigenvalue weighted by molar-refractivity contribution is 9.10. The molecule has 0 radical (unpaired) electrons. The highest BCUT2D eigenvalue weighted by Gasteiger charge is 2.18. The van der Waals surface area contributed by atoms with Crippen molar-refractivity contribution >= 4 is 43.1 Å². The molecule has 0 aliphatic carbocycles. The van der Waals surface area contributed by atoms with Crippen LogP contribution in [0, 0.1) is 0 Å². The highest BCUT2D eigenvalue weighted by atomic mass is 79.9. The summed E-state index contributed by atoms with van der Waals surface area (Å²) in [6, 6.07) is 28.5. The molecule has 3 aromatic carbocycles. The third-order valence-corrected chi connectivity index (χ3v) is 6.59. The van der Waals surface area contributed by atoms with E-state index in [1.807, 2.05) is 65.2 Å². The summed E-state index contributed by atoms with van der Waals surface area (Å²) in [6.45, 7) is 0. The maximum Gasteiger partial charge on any atom is 0.235 e. The Kier molecular flexibility index (Phi) is 4.36. The normalized spacial score (nSPS) is 11.4. The predicted octanol–water partition coefficient (Wildman–Crippen LogP) is 6.50. The fraction of sp³-hybridized carbons (Fsp3) is 0. The van der Waals surface area contributed by atoms with Gasteiger partial charge in [0.2, 0.25) is 4.96 Å². The molecule has 31 heavy (non-hydrogen) atoms. The summed E-state index contributed by atoms with van der Waals surface area (Å²) in [5.41, 5.74) is 4.89. The lowest BCUT2D eigenvalue weighted by Gasteiger charge is -2.08. The van der Waals surface area contributed by atoms with Crippen molar-refractivity contribution in [1.29, 1.82) is 0 Å². The quantitative estimate of drug-likeness (QED) is 0.288. The minimum atomic E-state index is 0.713. The van der Waals surface area contributed by atoms with Crippen LogP contribution in [0.4, 0.5) is 0 Å². The molecular formula is C24H14BrN5S. The third-order valence-electron chi connectivity index (χ3n) is 5.11. The molecule has 0 unspecified atom stereocenters. The molecule has 0 N–H and O–H groups in total. The second-order valence-electron chi connectivity index (χ2n) is 7.07. The first-order valence-corrected chi connectivity index (χ1v) is 11.3. The molecule has 0 aliphatic heterocycles. The Bertz CT molecular complexity index is 1540. The Morgan fingerprint density at radius 2 is 1.55 bits per heavy atom. The lowest BCUT2D eigenvalue weighted by atomic mass is 10.0. The molecule has 0 saturated carbocycles. The Labute approximate surface area is 190 Å². The van der Waals surface area contributed by atoms with Crippen molar-refractivity contribution in [3.8, 4) is 33.2 Å². The van der Waals surface area contributed by atoms with Crippen molar-refractivity contribution in [3.05, 3.63) is 89.4 Å². The van der Waals surface area contributed by atoms with Crippen LogP contribution in [0.25, 0.3) is 49.1 Å². The Morgan fingerprint density at radius 1 is 0.774 bits per heavy atom. The van der Waals surface area contributed by atoms with E-state index < -0.39 is 0 Å². The maximum atomic E-state index is 4.88. The summed E-state index contributed by atoms with van der Waals surface area (Å²) in [7, 11) is 0. The van der Waals surface area contributed by atoms with E-state index in [9.17, 15) is 0 Å². The number of hydrogen-bond donors (Lipinski definition) is 0. The molecule has 5 nitrogen and oxygen atoms in total. The van der Waals surface area contributed by atoms with Crippen molar-refractivity contribution in [1.82, 2.24) is 24.8 Å². The number of hydrogen-bond acceptors (Lipinski definition) is 5. The second-order valence-corrected chi connectivity index (χ2v) is 8.94. The first-order chi connectivity index (χ1) is 15.3. The molecule has 0 aliphatic rings. The van der Waals surface area contributed by atoms with Crippen molar-refractivity contribution in [2.24, 2.45) is 0 Å². The van der Waals surface area contributed by atoms with Gasteiger partial charge in [-0.2, -0.15) is 9.61 Å². The Morgan fingerprint density at radius 3 is 2.39 bits per heavy atom. The van der Waals surface area contributed by atoms with Crippen LogP contribution in [0.3, 0.4) is 0 Å². The summed E-state index contributed by atoms with van der Waals surface area (Å²) in [5, 5.41) is 15.7. The molecule has 0 saturated heterocycles. The van der Waals surface area contributed by atoms with E-state index in [2.05, 4.69) is 50.4 Å². The van der Waals surface area contributed by atoms with Gasteiger partial charge in [0.1, 0.15) is 5.01 Å². The minimum Gasteiger partial charge on any atom is -0.248 e. The lowest BCUT2D eigenvalue weighted by Crippen LogP contribution is -1.95. The van der Waals surface area contributed by atoms with Crippen molar-refractivity contribution in [2.45, 2.75) is 0 Å². The zero-order valence-corrected chi connectivity index (χ0v) is 18.5. The first kappa shape index (κ1) is 18.4. The zero-order chi connectivity index (χ0) is 20.8. The van der Waals surface area contributed by atoms with Crippen LogP contribution >= 0.6 is 27.3 Å². The monoisotopic (exact) mass is 483 g/mol. The third kappa shape index (κ3) is 3.22. The number of fused-ring (bicyclic) bond motifs is 2. The van der Waals surface area contributed by atoms with E-state index >= 15 is 0 Å². The fourth-order valence-electron chi connectivity index (χ4n) is 3.61. The number of benzene rings is 3. The van der Waals surface area contributed by atoms with Gasteiger partial charge in [0.15, 0.2) is 5.82 Å². The number of pyridine rings is 1. The van der Waals surface area contributed by atoms with Gasteiger partial charge in [0.25, 0.3) is 0 Å². The van der Waals surface area contributed by atoms with Gasteiger partial charge >= 0.3 is 0 Å². The van der Waals surface area contributed by atoms with Gasteiger partial charge in [-0.05, 0) is 24.3 Å². The van der Waals surface area contributed by atoms with Gasteiger partial charge in [-0.1, -0.05) is 87.9 Å². The minimum absolute atomic E-state index is 0.713. The number of halogens is 1. The summed E-state index contributed by atoms with van der Waals surface area (Å²) >= 11 is 5.01. The number of aromatic nitrogens is 5. The topological polar surface area (TPSA) is 56.0 Å². The van der Waals surface area contributed by atoms with Crippen LogP contribution in [0.2, 0.25) is 0 Å². The van der Waals surface area contributed by atoms with Gasteiger partial charge in [-0.3, -0.25) is 0 Å². The van der Waals surface area contributed by atoms with Gasteiger partial charge < -0.3 is 0 Å². The van der Waals surface area contributed by atoms with E-state index in [4.69, 9.17) is 10.1 Å². The number of para-hydroxylation sites is 1. The van der Waals surface area contributed by atoms with Crippen LogP contribution in [-0.2, 0) is 0 Å². The highest BCUT2D eigenvalue weighted by Crippen LogP contribution is 2.33.